The Morgan fingerprint density at radius 3 is 2.62 bits per heavy atom. The fourth-order valence-corrected chi connectivity index (χ4v) is 3.02. The minimum Gasteiger partial charge on any atom is -0.382 e. The van der Waals surface area contributed by atoms with Gasteiger partial charge in [0.1, 0.15) is 5.69 Å². The van der Waals surface area contributed by atoms with Crippen molar-refractivity contribution in [2.24, 2.45) is 0 Å². The third kappa shape index (κ3) is 3.74. The monoisotopic (exact) mass is 351 g/mol. The summed E-state index contributed by atoms with van der Waals surface area (Å²) in [7, 11) is 0. The van der Waals surface area contributed by atoms with E-state index in [1.807, 2.05) is 18.2 Å². The topological polar surface area (TPSA) is 99.1 Å². The lowest BCUT2D eigenvalue weighted by molar-refractivity contribution is 0.0776. The second-order valence-electron chi connectivity index (χ2n) is 6.33. The SMILES string of the molecule is Nc1nccnc1-c1cc(-c2ccc(CNC3CCOCC3)cc2)no1. The van der Waals surface area contributed by atoms with Crippen LogP contribution in [-0.4, -0.2) is 34.4 Å². The summed E-state index contributed by atoms with van der Waals surface area (Å²) >= 11 is 0. The maximum absolute atomic E-state index is 5.84. The minimum atomic E-state index is 0.324. The smallest absolute Gasteiger partial charge is 0.189 e. The largest absolute Gasteiger partial charge is 0.382 e. The lowest BCUT2D eigenvalue weighted by Gasteiger charge is -2.23. The summed E-state index contributed by atoms with van der Waals surface area (Å²) in [5, 5.41) is 7.71. The number of anilines is 1. The van der Waals surface area contributed by atoms with Crippen LogP contribution < -0.4 is 11.1 Å². The number of nitrogens with zero attached hydrogens (tertiary/aromatic N) is 3. The van der Waals surface area contributed by atoms with Gasteiger partial charge >= 0.3 is 0 Å². The molecule has 3 N–H and O–H groups in total. The zero-order valence-electron chi connectivity index (χ0n) is 14.4. The van der Waals surface area contributed by atoms with Crippen LogP contribution in [0.5, 0.6) is 0 Å². The molecule has 0 aliphatic carbocycles. The molecule has 0 amide bonds. The molecule has 2 aromatic heterocycles. The Bertz CT molecular complexity index is 856. The van der Waals surface area contributed by atoms with Gasteiger partial charge in [-0.25, -0.2) is 9.97 Å². The summed E-state index contributed by atoms with van der Waals surface area (Å²) in [4.78, 5) is 8.22. The van der Waals surface area contributed by atoms with E-state index < -0.39 is 0 Å². The molecule has 3 heterocycles. The third-order valence-electron chi connectivity index (χ3n) is 4.54. The van der Waals surface area contributed by atoms with E-state index in [0.29, 0.717) is 23.3 Å². The molecular formula is C19H21N5O2. The quantitative estimate of drug-likeness (QED) is 0.729. The highest BCUT2D eigenvalue weighted by Crippen LogP contribution is 2.27. The fraction of sp³-hybridized carbons (Fsp3) is 0.316. The van der Waals surface area contributed by atoms with Crippen LogP contribution in [0.4, 0.5) is 5.82 Å². The predicted molar refractivity (Wildman–Crippen MR) is 98.1 cm³/mol. The van der Waals surface area contributed by atoms with Crippen molar-refractivity contribution < 1.29 is 9.26 Å². The third-order valence-corrected chi connectivity index (χ3v) is 4.54. The van der Waals surface area contributed by atoms with E-state index in [2.05, 4.69) is 32.6 Å². The van der Waals surface area contributed by atoms with Gasteiger partial charge in [-0.2, -0.15) is 0 Å². The molecule has 1 aromatic carbocycles. The molecule has 7 heteroatoms. The number of nitrogens with two attached hydrogens (primary N) is 1. The Hall–Kier alpha value is -2.77. The number of ether oxygens (including phenoxy) is 1. The van der Waals surface area contributed by atoms with Gasteiger partial charge in [-0.05, 0) is 18.4 Å². The van der Waals surface area contributed by atoms with Crippen LogP contribution in [0.15, 0.2) is 47.2 Å². The summed E-state index contributed by atoms with van der Waals surface area (Å²) in [5.74, 6) is 0.834. The number of nitrogen functional groups attached to an aromatic ring is 1. The van der Waals surface area contributed by atoms with E-state index in [4.69, 9.17) is 15.0 Å². The number of hydrogen-bond acceptors (Lipinski definition) is 7. The maximum Gasteiger partial charge on any atom is 0.189 e. The molecule has 1 aliphatic heterocycles. The van der Waals surface area contributed by atoms with Gasteiger partial charge in [0, 0.05) is 49.8 Å². The van der Waals surface area contributed by atoms with Gasteiger partial charge in [0.05, 0.1) is 0 Å². The summed E-state index contributed by atoms with van der Waals surface area (Å²) in [6.07, 6.45) is 5.27. The molecule has 0 radical (unpaired) electrons. The van der Waals surface area contributed by atoms with Crippen LogP contribution in [-0.2, 0) is 11.3 Å². The normalized spacial score (nSPS) is 15.2. The summed E-state index contributed by atoms with van der Waals surface area (Å²) in [5.41, 5.74) is 9.31. The van der Waals surface area contributed by atoms with Gasteiger partial charge in [0.2, 0.25) is 0 Å². The zero-order valence-corrected chi connectivity index (χ0v) is 14.4. The van der Waals surface area contributed by atoms with Crippen molar-refractivity contribution >= 4 is 5.82 Å². The number of hydrogen-bond donors (Lipinski definition) is 2. The first-order chi connectivity index (χ1) is 12.8. The lowest BCUT2D eigenvalue weighted by Crippen LogP contribution is -2.34. The Morgan fingerprint density at radius 1 is 1.08 bits per heavy atom. The van der Waals surface area contributed by atoms with Crippen molar-refractivity contribution in [2.75, 3.05) is 18.9 Å². The number of benzene rings is 1. The van der Waals surface area contributed by atoms with Crippen molar-refractivity contribution in [1.29, 1.82) is 0 Å². The van der Waals surface area contributed by atoms with Crippen LogP contribution in [0.2, 0.25) is 0 Å². The average molecular weight is 351 g/mol. The highest BCUT2D eigenvalue weighted by atomic mass is 16.5. The lowest BCUT2D eigenvalue weighted by atomic mass is 10.1. The second kappa shape index (κ2) is 7.63. The molecule has 1 saturated heterocycles. The molecule has 0 atom stereocenters. The van der Waals surface area contributed by atoms with Gasteiger partial charge in [0.15, 0.2) is 17.3 Å². The van der Waals surface area contributed by atoms with Crippen molar-refractivity contribution in [1.82, 2.24) is 20.4 Å². The molecule has 26 heavy (non-hydrogen) atoms. The average Bonchev–Trinajstić information content (AvgIpc) is 3.18. The second-order valence-corrected chi connectivity index (χ2v) is 6.33. The maximum atomic E-state index is 5.84. The summed E-state index contributed by atoms with van der Waals surface area (Å²) in [6.45, 7) is 2.55. The van der Waals surface area contributed by atoms with E-state index >= 15 is 0 Å². The molecule has 0 saturated carbocycles. The standard InChI is InChI=1S/C19H21N5O2/c20-19-18(21-7-8-22-19)17-11-16(24-26-17)14-3-1-13(2-4-14)12-23-15-5-9-25-10-6-15/h1-4,7-8,11,15,23H,5-6,9-10,12H2,(H2,20,22). The molecule has 3 aromatic rings. The molecule has 0 unspecified atom stereocenters. The van der Waals surface area contributed by atoms with Crippen molar-refractivity contribution in [2.45, 2.75) is 25.4 Å². The van der Waals surface area contributed by atoms with Crippen LogP contribution in [0, 0.1) is 0 Å². The number of rotatable bonds is 5. The van der Waals surface area contributed by atoms with E-state index in [1.54, 1.807) is 12.4 Å². The molecule has 134 valence electrons. The number of aromatic nitrogens is 3. The zero-order chi connectivity index (χ0) is 17.8. The highest BCUT2D eigenvalue weighted by Gasteiger charge is 2.14. The van der Waals surface area contributed by atoms with Crippen LogP contribution in [0.3, 0.4) is 0 Å². The summed E-state index contributed by atoms with van der Waals surface area (Å²) in [6, 6.07) is 10.7. The van der Waals surface area contributed by atoms with Gasteiger partial charge < -0.3 is 20.3 Å². The van der Waals surface area contributed by atoms with E-state index in [1.165, 1.54) is 5.56 Å². The molecule has 0 bridgehead atoms. The van der Waals surface area contributed by atoms with Gasteiger partial charge in [-0.3, -0.25) is 0 Å². The van der Waals surface area contributed by atoms with E-state index in [0.717, 1.165) is 43.9 Å². The first-order valence-corrected chi connectivity index (χ1v) is 8.73. The summed E-state index contributed by atoms with van der Waals surface area (Å²) < 4.78 is 10.8. The molecule has 1 fully saturated rings. The fourth-order valence-electron chi connectivity index (χ4n) is 3.02. The molecule has 0 spiro atoms. The Balaban J connectivity index is 1.43. The van der Waals surface area contributed by atoms with Crippen molar-refractivity contribution in [3.05, 3.63) is 48.3 Å². The first kappa shape index (κ1) is 16.7. The predicted octanol–water partition coefficient (Wildman–Crippen LogP) is 2.65. The van der Waals surface area contributed by atoms with E-state index in [9.17, 15) is 0 Å². The Kier molecular flexibility index (Phi) is 4.90. The molecule has 7 nitrogen and oxygen atoms in total. The molecule has 1 aliphatic rings. The molecular weight excluding hydrogens is 330 g/mol. The Morgan fingerprint density at radius 2 is 1.85 bits per heavy atom. The van der Waals surface area contributed by atoms with Crippen molar-refractivity contribution in [3.63, 3.8) is 0 Å². The van der Waals surface area contributed by atoms with Crippen LogP contribution >= 0.6 is 0 Å². The van der Waals surface area contributed by atoms with Gasteiger partial charge in [-0.15, -0.1) is 0 Å². The minimum absolute atomic E-state index is 0.324. The van der Waals surface area contributed by atoms with E-state index in [-0.39, 0.29) is 0 Å². The van der Waals surface area contributed by atoms with Crippen LogP contribution in [0.1, 0.15) is 18.4 Å². The number of nitrogens with one attached hydrogen (secondary N) is 1. The van der Waals surface area contributed by atoms with Gasteiger partial charge in [0.25, 0.3) is 0 Å². The highest BCUT2D eigenvalue weighted by molar-refractivity contribution is 5.70. The van der Waals surface area contributed by atoms with Crippen molar-refractivity contribution in [3.8, 4) is 22.7 Å². The Labute approximate surface area is 151 Å². The van der Waals surface area contributed by atoms with Gasteiger partial charge in [-0.1, -0.05) is 29.4 Å². The first-order valence-electron chi connectivity index (χ1n) is 8.73. The van der Waals surface area contributed by atoms with Crippen LogP contribution in [0.25, 0.3) is 22.7 Å². The molecule has 4 rings (SSSR count).